The van der Waals surface area contributed by atoms with Crippen LogP contribution in [-0.4, -0.2) is 20.0 Å². The number of rotatable bonds is 6. The van der Waals surface area contributed by atoms with Gasteiger partial charge in [-0.05, 0) is 43.7 Å². The molecule has 2 aromatic heterocycles. The van der Waals surface area contributed by atoms with Crippen molar-refractivity contribution < 1.29 is 9.45 Å². The highest BCUT2D eigenvalue weighted by molar-refractivity contribution is 5.71. The van der Waals surface area contributed by atoms with Crippen LogP contribution in [0.5, 0.6) is 0 Å². The molecule has 0 radical (unpaired) electrons. The van der Waals surface area contributed by atoms with Gasteiger partial charge in [-0.3, -0.25) is 15.1 Å². The van der Waals surface area contributed by atoms with Crippen molar-refractivity contribution in [3.8, 4) is 22.8 Å². The number of nitrogens with zero attached hydrogens (tertiary/aromatic N) is 4. The van der Waals surface area contributed by atoms with Gasteiger partial charge in [-0.2, -0.15) is 4.98 Å². The smallest absolute Gasteiger partial charge is 0.293 e. The average molecular weight is 401 g/mol. The van der Waals surface area contributed by atoms with Crippen LogP contribution in [0, 0.1) is 17.0 Å². The first-order valence-electron chi connectivity index (χ1n) is 9.37. The molecule has 4 rings (SSSR count). The molecule has 0 aliphatic rings. The molecule has 0 saturated carbocycles. The lowest BCUT2D eigenvalue weighted by Crippen LogP contribution is -2.08. The van der Waals surface area contributed by atoms with E-state index in [1.54, 1.807) is 30.6 Å². The van der Waals surface area contributed by atoms with Gasteiger partial charge >= 0.3 is 0 Å². The molecular formula is C22H19N5O3. The average Bonchev–Trinajstić information content (AvgIpc) is 3.25. The number of benzene rings is 2. The van der Waals surface area contributed by atoms with Crippen LogP contribution < -0.4 is 5.32 Å². The van der Waals surface area contributed by atoms with Crippen LogP contribution in [0.1, 0.15) is 24.1 Å². The Morgan fingerprint density at radius 3 is 2.60 bits per heavy atom. The monoisotopic (exact) mass is 401 g/mol. The quantitative estimate of drug-likeness (QED) is 0.350. The number of aromatic nitrogens is 3. The molecule has 0 amide bonds. The molecular weight excluding hydrogens is 382 g/mol. The highest BCUT2D eigenvalue weighted by Gasteiger charge is 2.20. The Morgan fingerprint density at radius 1 is 1.10 bits per heavy atom. The highest BCUT2D eigenvalue weighted by atomic mass is 16.6. The van der Waals surface area contributed by atoms with Crippen LogP contribution in [0.2, 0.25) is 0 Å². The van der Waals surface area contributed by atoms with Crippen molar-refractivity contribution in [2.75, 3.05) is 5.32 Å². The van der Waals surface area contributed by atoms with Gasteiger partial charge in [0, 0.05) is 35.6 Å². The summed E-state index contributed by atoms with van der Waals surface area (Å²) in [6.45, 7) is 3.98. The summed E-state index contributed by atoms with van der Waals surface area (Å²) in [5, 5.41) is 18.8. The lowest BCUT2D eigenvalue weighted by molar-refractivity contribution is -0.383. The second-order valence-electron chi connectivity index (χ2n) is 6.93. The Bertz CT molecular complexity index is 1170. The predicted octanol–water partition coefficient (Wildman–Crippen LogP) is 5.19. The maximum absolute atomic E-state index is 11.7. The van der Waals surface area contributed by atoms with Crippen LogP contribution in [0.15, 0.2) is 71.5 Å². The molecule has 1 atom stereocenters. The summed E-state index contributed by atoms with van der Waals surface area (Å²) < 4.78 is 5.31. The minimum atomic E-state index is -0.425. The van der Waals surface area contributed by atoms with Crippen molar-refractivity contribution in [3.63, 3.8) is 0 Å². The third-order valence-electron chi connectivity index (χ3n) is 4.74. The molecule has 0 aliphatic heterocycles. The van der Waals surface area contributed by atoms with Crippen molar-refractivity contribution in [1.82, 2.24) is 15.1 Å². The molecule has 0 aliphatic carbocycles. The standard InChI is InChI=1S/C22H19N5O3/c1-14-5-7-16(8-6-14)15(2)24-19-10-9-17(12-20(19)27(28)29)22-25-21(26-30-22)18-4-3-11-23-13-18/h3-13,15,24H,1-2H3. The normalized spacial score (nSPS) is 11.8. The maximum atomic E-state index is 11.7. The van der Waals surface area contributed by atoms with E-state index < -0.39 is 4.92 Å². The zero-order valence-corrected chi connectivity index (χ0v) is 16.4. The Kier molecular flexibility index (Phi) is 5.21. The van der Waals surface area contributed by atoms with Gasteiger partial charge in [-0.1, -0.05) is 35.0 Å². The molecule has 4 aromatic rings. The van der Waals surface area contributed by atoms with E-state index in [4.69, 9.17) is 4.52 Å². The Morgan fingerprint density at radius 2 is 1.90 bits per heavy atom. The number of nitro benzene ring substituents is 1. The van der Waals surface area contributed by atoms with E-state index in [1.165, 1.54) is 6.07 Å². The molecule has 1 N–H and O–H groups in total. The van der Waals surface area contributed by atoms with E-state index in [0.717, 1.165) is 11.1 Å². The molecule has 2 heterocycles. The van der Waals surface area contributed by atoms with Crippen molar-refractivity contribution in [2.24, 2.45) is 0 Å². The largest absolute Gasteiger partial charge is 0.373 e. The van der Waals surface area contributed by atoms with E-state index >= 15 is 0 Å². The van der Waals surface area contributed by atoms with Crippen LogP contribution in [-0.2, 0) is 0 Å². The summed E-state index contributed by atoms with van der Waals surface area (Å²) in [6.07, 6.45) is 3.27. The van der Waals surface area contributed by atoms with Crippen LogP contribution in [0.3, 0.4) is 0 Å². The van der Waals surface area contributed by atoms with Crippen LogP contribution in [0.25, 0.3) is 22.8 Å². The van der Waals surface area contributed by atoms with E-state index in [1.807, 2.05) is 44.2 Å². The SMILES string of the molecule is Cc1ccc(C(C)Nc2ccc(-c3nc(-c4cccnc4)no3)cc2[N+](=O)[O-])cc1. The highest BCUT2D eigenvalue weighted by Crippen LogP contribution is 2.33. The summed E-state index contributed by atoms with van der Waals surface area (Å²) in [6, 6.07) is 16.3. The van der Waals surface area contributed by atoms with Crippen molar-refractivity contribution in [2.45, 2.75) is 19.9 Å². The summed E-state index contributed by atoms with van der Waals surface area (Å²) in [5.74, 6) is 0.575. The lowest BCUT2D eigenvalue weighted by atomic mass is 10.1. The van der Waals surface area contributed by atoms with Crippen molar-refractivity contribution in [1.29, 1.82) is 0 Å². The molecule has 0 saturated heterocycles. The summed E-state index contributed by atoms with van der Waals surface area (Å²) in [5.41, 5.74) is 3.73. The topological polar surface area (TPSA) is 107 Å². The zero-order chi connectivity index (χ0) is 21.1. The number of nitrogens with one attached hydrogen (secondary N) is 1. The second-order valence-corrected chi connectivity index (χ2v) is 6.93. The fraction of sp³-hybridized carbons (Fsp3) is 0.136. The second kappa shape index (κ2) is 8.12. The number of pyridine rings is 1. The molecule has 1 unspecified atom stereocenters. The third-order valence-corrected chi connectivity index (χ3v) is 4.74. The molecule has 0 bridgehead atoms. The number of anilines is 1. The fourth-order valence-electron chi connectivity index (χ4n) is 3.06. The number of nitro groups is 1. The molecule has 0 spiro atoms. The van der Waals surface area contributed by atoms with E-state index in [2.05, 4.69) is 20.4 Å². The van der Waals surface area contributed by atoms with Gasteiger partial charge in [0.2, 0.25) is 5.82 Å². The van der Waals surface area contributed by atoms with Gasteiger partial charge in [0.1, 0.15) is 5.69 Å². The molecule has 8 nitrogen and oxygen atoms in total. The van der Waals surface area contributed by atoms with E-state index in [-0.39, 0.29) is 17.6 Å². The summed E-state index contributed by atoms with van der Waals surface area (Å²) >= 11 is 0. The predicted molar refractivity (Wildman–Crippen MR) is 113 cm³/mol. The Balaban J connectivity index is 1.62. The first-order chi connectivity index (χ1) is 14.5. The fourth-order valence-corrected chi connectivity index (χ4v) is 3.06. The molecule has 150 valence electrons. The van der Waals surface area contributed by atoms with Gasteiger partial charge in [0.05, 0.1) is 4.92 Å². The van der Waals surface area contributed by atoms with Crippen molar-refractivity contribution >= 4 is 11.4 Å². The Hall–Kier alpha value is -4.07. The minimum Gasteiger partial charge on any atom is -0.373 e. The van der Waals surface area contributed by atoms with E-state index in [0.29, 0.717) is 22.6 Å². The van der Waals surface area contributed by atoms with Crippen LogP contribution in [0.4, 0.5) is 11.4 Å². The van der Waals surface area contributed by atoms with Gasteiger partial charge in [0.25, 0.3) is 11.6 Å². The van der Waals surface area contributed by atoms with Crippen molar-refractivity contribution in [3.05, 3.63) is 88.2 Å². The molecule has 30 heavy (non-hydrogen) atoms. The van der Waals surface area contributed by atoms with E-state index in [9.17, 15) is 10.1 Å². The number of hydrogen-bond acceptors (Lipinski definition) is 7. The Labute approximate surface area is 172 Å². The molecule has 2 aromatic carbocycles. The maximum Gasteiger partial charge on any atom is 0.293 e. The van der Waals surface area contributed by atoms with Gasteiger partial charge in [-0.15, -0.1) is 0 Å². The molecule has 8 heteroatoms. The van der Waals surface area contributed by atoms with Gasteiger partial charge < -0.3 is 9.84 Å². The number of hydrogen-bond donors (Lipinski definition) is 1. The number of aryl methyl sites for hydroxylation is 1. The van der Waals surface area contributed by atoms with Gasteiger partial charge in [-0.25, -0.2) is 0 Å². The summed E-state index contributed by atoms with van der Waals surface area (Å²) in [4.78, 5) is 19.6. The first-order valence-corrected chi connectivity index (χ1v) is 9.37. The first kappa shape index (κ1) is 19.3. The van der Waals surface area contributed by atoms with Gasteiger partial charge in [0.15, 0.2) is 0 Å². The van der Waals surface area contributed by atoms with Crippen LogP contribution >= 0.6 is 0 Å². The lowest BCUT2D eigenvalue weighted by Gasteiger charge is -2.16. The zero-order valence-electron chi connectivity index (χ0n) is 16.4. The summed E-state index contributed by atoms with van der Waals surface area (Å²) in [7, 11) is 0. The minimum absolute atomic E-state index is 0.0624. The molecule has 0 fully saturated rings. The third kappa shape index (κ3) is 4.02.